The van der Waals surface area contributed by atoms with E-state index in [1.165, 1.54) is 36.1 Å². The monoisotopic (exact) mass is 675 g/mol. The lowest BCUT2D eigenvalue weighted by Crippen LogP contribution is -2.80. The Bertz CT molecular complexity index is 1520. The number of aliphatic hydroxyl groups is 1. The molecule has 2 fully saturated rings. The molecule has 17 heteroatoms. The summed E-state index contributed by atoms with van der Waals surface area (Å²) in [7, 11) is 0. The van der Waals surface area contributed by atoms with Gasteiger partial charge >= 0.3 is 29.8 Å². The molecule has 254 valence electrons. The van der Waals surface area contributed by atoms with E-state index in [-0.39, 0.29) is 54.6 Å². The zero-order valence-electron chi connectivity index (χ0n) is 26.5. The molecule has 6 amide bonds. The highest BCUT2D eigenvalue weighted by molar-refractivity contribution is 8.01. The maximum atomic E-state index is 13.8. The number of hydrogen-bond acceptors (Lipinski definition) is 12. The quantitative estimate of drug-likeness (QED) is 0.152. The first-order valence-electron chi connectivity index (χ1n) is 14.7. The first kappa shape index (κ1) is 35.2. The molecule has 3 atom stereocenters. The first-order chi connectivity index (χ1) is 22.0. The number of carbonyl (C=O) groups excluding carboxylic acids is 7. The largest absolute Gasteiger partial charge is 0.508 e. The molecule has 16 nitrogen and oxygen atoms in total. The number of fused-ring (bicyclic) bond motifs is 1. The van der Waals surface area contributed by atoms with Gasteiger partial charge in [-0.05, 0) is 45.4 Å². The minimum Gasteiger partial charge on any atom is -0.508 e. The van der Waals surface area contributed by atoms with Crippen LogP contribution in [0.25, 0.3) is 0 Å². The van der Waals surface area contributed by atoms with E-state index in [1.807, 2.05) is 0 Å². The Hall–Kier alpha value is -4.64. The number of phenols is 1. The van der Waals surface area contributed by atoms with Gasteiger partial charge in [-0.15, -0.1) is 11.8 Å². The highest BCUT2D eigenvalue weighted by atomic mass is 32.2. The van der Waals surface area contributed by atoms with Gasteiger partial charge in [0.2, 0.25) is 5.91 Å². The average Bonchev–Trinajstić information content (AvgIpc) is 3.01. The lowest BCUT2D eigenvalue weighted by molar-refractivity contribution is -0.165. The number of amides is 6. The summed E-state index contributed by atoms with van der Waals surface area (Å²) in [6, 6.07) is 1.26. The number of carbonyl (C=O) groups is 7. The second-order valence-corrected chi connectivity index (χ2v) is 13.2. The second kappa shape index (κ2) is 13.6. The molecule has 0 saturated carbocycles. The van der Waals surface area contributed by atoms with Crippen LogP contribution in [0, 0.1) is 0 Å². The third-order valence-electron chi connectivity index (χ3n) is 7.60. The summed E-state index contributed by atoms with van der Waals surface area (Å²) in [5.41, 5.74) is -0.758. The smallest absolute Gasteiger partial charge is 0.355 e. The number of likely N-dealkylation sites (N-methyl/N-ethyl adjacent to an activating group) is 1. The van der Waals surface area contributed by atoms with Crippen molar-refractivity contribution in [2.75, 3.05) is 38.6 Å². The third-order valence-corrected chi connectivity index (χ3v) is 9.14. The van der Waals surface area contributed by atoms with Gasteiger partial charge in [0.1, 0.15) is 40.6 Å². The number of imide groups is 1. The van der Waals surface area contributed by atoms with Crippen LogP contribution < -0.4 is 10.6 Å². The van der Waals surface area contributed by atoms with E-state index in [9.17, 15) is 43.8 Å². The molecule has 47 heavy (non-hydrogen) atoms. The standard InChI is InChI=1S/C30H37N5O11S/c1-6-33-11-12-34(26(42)25(33)41)28(44)31-20(17-7-9-19(38)10-8-17)23(39)32-22-24(40)35-21(27(43)46-29(3,4)5)18(13-45-16(2)37)14-47-30(22,35)15-36/h7-10,20,22,36,38H,6,11-15H2,1-5H3,(H,31,44)(H,32,39)/t20?,22-,30?/m0/s1. The number of phenolic OH excluding ortho intramolecular Hbond substituents is 1. The van der Waals surface area contributed by atoms with Crippen molar-refractivity contribution in [1.82, 2.24) is 25.3 Å². The van der Waals surface area contributed by atoms with E-state index in [1.54, 1.807) is 27.7 Å². The predicted molar refractivity (Wildman–Crippen MR) is 164 cm³/mol. The highest BCUT2D eigenvalue weighted by Gasteiger charge is 2.66. The Kier molecular flexibility index (Phi) is 10.2. The fourth-order valence-corrected chi connectivity index (χ4v) is 6.64. The molecule has 3 aliphatic rings. The van der Waals surface area contributed by atoms with E-state index in [0.717, 1.165) is 16.7 Å². The molecule has 2 unspecified atom stereocenters. The maximum absolute atomic E-state index is 13.8. The summed E-state index contributed by atoms with van der Waals surface area (Å²) in [6.07, 6.45) is 0. The molecule has 0 radical (unpaired) electrons. The molecule has 3 aliphatic heterocycles. The Morgan fingerprint density at radius 3 is 2.32 bits per heavy atom. The van der Waals surface area contributed by atoms with Crippen molar-refractivity contribution in [1.29, 1.82) is 0 Å². The number of nitrogens with zero attached hydrogens (tertiary/aromatic N) is 3. The molecule has 4 N–H and O–H groups in total. The fourth-order valence-electron chi connectivity index (χ4n) is 5.26. The highest BCUT2D eigenvalue weighted by Crippen LogP contribution is 2.50. The molecule has 1 aromatic rings. The lowest BCUT2D eigenvalue weighted by Gasteiger charge is -2.58. The minimum absolute atomic E-state index is 0.0244. The van der Waals surface area contributed by atoms with Gasteiger partial charge in [-0.2, -0.15) is 0 Å². The van der Waals surface area contributed by atoms with Crippen molar-refractivity contribution in [3.8, 4) is 5.75 Å². The number of hydrogen-bond donors (Lipinski definition) is 4. The van der Waals surface area contributed by atoms with Crippen LogP contribution in [0.2, 0.25) is 0 Å². The van der Waals surface area contributed by atoms with E-state index >= 15 is 0 Å². The Morgan fingerprint density at radius 2 is 1.74 bits per heavy atom. The molecular formula is C30H37N5O11S. The second-order valence-electron chi connectivity index (χ2n) is 12.0. The van der Waals surface area contributed by atoms with Gasteiger partial charge in [-0.3, -0.25) is 33.8 Å². The van der Waals surface area contributed by atoms with E-state index < -0.39 is 70.8 Å². The molecular weight excluding hydrogens is 638 g/mol. The van der Waals surface area contributed by atoms with Crippen LogP contribution in [0.3, 0.4) is 0 Å². The number of urea groups is 1. The van der Waals surface area contributed by atoms with Gasteiger partial charge in [0, 0.05) is 37.9 Å². The topological polar surface area (TPSA) is 212 Å². The van der Waals surface area contributed by atoms with Gasteiger partial charge < -0.3 is 35.2 Å². The predicted octanol–water partition coefficient (Wildman–Crippen LogP) is -0.245. The summed E-state index contributed by atoms with van der Waals surface area (Å²) in [5.74, 6) is -5.28. The van der Waals surface area contributed by atoms with E-state index in [2.05, 4.69) is 10.6 Å². The number of ether oxygens (including phenoxy) is 2. The number of β-lactam (4-membered cyclic amide) rings is 1. The zero-order chi connectivity index (χ0) is 34.8. The normalized spacial score (nSPS) is 21.9. The van der Waals surface area contributed by atoms with Crippen LogP contribution in [0.1, 0.15) is 46.2 Å². The summed E-state index contributed by atoms with van der Waals surface area (Å²) in [5, 5.41) is 25.4. The Labute approximate surface area is 274 Å². The fraction of sp³-hybridized carbons (Fsp3) is 0.500. The van der Waals surface area contributed by atoms with Crippen molar-refractivity contribution in [3.05, 3.63) is 41.1 Å². The summed E-state index contributed by atoms with van der Waals surface area (Å²) in [4.78, 5) is 92.1. The summed E-state index contributed by atoms with van der Waals surface area (Å²) >= 11 is 1.03. The van der Waals surface area contributed by atoms with Crippen LogP contribution in [-0.2, 0) is 38.2 Å². The van der Waals surface area contributed by atoms with Crippen molar-refractivity contribution < 1.29 is 53.2 Å². The number of aliphatic hydroxyl groups excluding tert-OH is 1. The van der Waals surface area contributed by atoms with Gasteiger partial charge in [-0.1, -0.05) is 12.1 Å². The molecule has 0 aliphatic carbocycles. The number of aromatic hydroxyl groups is 1. The summed E-state index contributed by atoms with van der Waals surface area (Å²) in [6.45, 7) is 6.96. The molecule has 3 heterocycles. The van der Waals surface area contributed by atoms with Crippen LogP contribution in [-0.4, -0.2) is 122 Å². The number of thioether (sulfide) groups is 1. The number of nitrogens with one attached hydrogen (secondary N) is 2. The molecule has 0 bridgehead atoms. The van der Waals surface area contributed by atoms with E-state index in [0.29, 0.717) is 4.90 Å². The molecule has 0 aromatic heterocycles. The molecule has 1 aromatic carbocycles. The van der Waals surface area contributed by atoms with Gasteiger partial charge in [0.05, 0.1) is 6.61 Å². The van der Waals surface area contributed by atoms with Crippen LogP contribution in [0.15, 0.2) is 35.5 Å². The van der Waals surface area contributed by atoms with E-state index in [4.69, 9.17) is 9.47 Å². The zero-order valence-corrected chi connectivity index (χ0v) is 27.3. The first-order valence-corrected chi connectivity index (χ1v) is 15.7. The minimum atomic E-state index is -1.57. The SMILES string of the molecule is CCN1CCN(C(=O)NC(C(=O)N[C@H]2C(=O)N3C(C(=O)OC(C)(C)C)=C(COC(C)=O)CSC23CO)c2ccc(O)cc2)C(=O)C1=O. The van der Waals surface area contributed by atoms with Gasteiger partial charge in [-0.25, -0.2) is 9.59 Å². The molecule has 2 saturated heterocycles. The Morgan fingerprint density at radius 1 is 1.09 bits per heavy atom. The van der Waals surface area contributed by atoms with Crippen LogP contribution >= 0.6 is 11.8 Å². The third kappa shape index (κ3) is 7.05. The van der Waals surface area contributed by atoms with Gasteiger partial charge in [0.15, 0.2) is 0 Å². The summed E-state index contributed by atoms with van der Waals surface area (Å²) < 4.78 is 10.6. The maximum Gasteiger partial charge on any atom is 0.355 e. The van der Waals surface area contributed by atoms with Crippen LogP contribution in [0.4, 0.5) is 4.79 Å². The lowest BCUT2D eigenvalue weighted by atomic mass is 9.91. The molecule has 0 spiro atoms. The molecule has 4 rings (SSSR count). The van der Waals surface area contributed by atoms with Crippen molar-refractivity contribution in [2.24, 2.45) is 0 Å². The Balaban J connectivity index is 1.62. The number of rotatable bonds is 9. The number of piperazine rings is 1. The van der Waals surface area contributed by atoms with Gasteiger partial charge in [0.25, 0.3) is 5.91 Å². The van der Waals surface area contributed by atoms with Crippen molar-refractivity contribution >= 4 is 53.4 Å². The van der Waals surface area contributed by atoms with Crippen LogP contribution in [0.5, 0.6) is 5.75 Å². The number of esters is 2. The van der Waals surface area contributed by atoms with Crippen molar-refractivity contribution in [2.45, 2.75) is 57.2 Å². The van der Waals surface area contributed by atoms with Crippen molar-refractivity contribution in [3.63, 3.8) is 0 Å². The average molecular weight is 676 g/mol. The number of benzene rings is 1.